The van der Waals surface area contributed by atoms with Crippen molar-refractivity contribution < 1.29 is 13.6 Å². The molecule has 0 heterocycles. The molecule has 0 aliphatic rings. The molecular weight excluding hydrogens is 224 g/mol. The molecule has 0 spiro atoms. The van der Waals surface area contributed by atoms with Crippen molar-refractivity contribution in [2.24, 2.45) is 0 Å². The van der Waals surface area contributed by atoms with E-state index in [1.165, 1.54) is 13.0 Å². The Hall–Kier alpha value is -1.89. The quantitative estimate of drug-likeness (QED) is 0.635. The van der Waals surface area contributed by atoms with Gasteiger partial charge in [0, 0.05) is 19.0 Å². The summed E-state index contributed by atoms with van der Waals surface area (Å²) in [6.45, 7) is 3.52. The molecule has 1 aromatic carbocycles. The van der Waals surface area contributed by atoms with Crippen molar-refractivity contribution in [3.8, 4) is 11.8 Å². The van der Waals surface area contributed by atoms with Crippen molar-refractivity contribution in [3.05, 3.63) is 34.9 Å². The molecule has 0 aliphatic carbocycles. The minimum atomic E-state index is -0.854. The molecule has 0 fully saturated rings. The van der Waals surface area contributed by atoms with Gasteiger partial charge in [0.2, 0.25) is 0 Å². The Morgan fingerprint density at radius 3 is 2.71 bits per heavy atom. The Balaban J connectivity index is 2.74. The van der Waals surface area contributed by atoms with Gasteiger partial charge >= 0.3 is 0 Å². The van der Waals surface area contributed by atoms with E-state index in [1.54, 1.807) is 6.92 Å². The standard InChI is InChI=1S/C13H13F2NO/c1-3-4-5-6-16-13(17)10-7-9(2)11(14)8-12(10)15/h7-8H,5-6H2,1-2H3,(H,16,17). The normalized spacial score (nSPS) is 9.41. The molecule has 4 heteroatoms. The van der Waals surface area contributed by atoms with Gasteiger partial charge in [0.05, 0.1) is 5.56 Å². The fourth-order valence-corrected chi connectivity index (χ4v) is 1.29. The topological polar surface area (TPSA) is 29.1 Å². The van der Waals surface area contributed by atoms with Crippen molar-refractivity contribution in [2.75, 3.05) is 6.54 Å². The van der Waals surface area contributed by atoms with Crippen molar-refractivity contribution >= 4 is 5.91 Å². The van der Waals surface area contributed by atoms with E-state index in [-0.39, 0.29) is 11.1 Å². The Bertz CT molecular complexity index is 486. The molecule has 0 saturated carbocycles. The van der Waals surface area contributed by atoms with Crippen LogP contribution in [0.3, 0.4) is 0 Å². The van der Waals surface area contributed by atoms with Crippen LogP contribution >= 0.6 is 0 Å². The van der Waals surface area contributed by atoms with Crippen LogP contribution in [-0.4, -0.2) is 12.5 Å². The van der Waals surface area contributed by atoms with Crippen LogP contribution in [0.15, 0.2) is 12.1 Å². The van der Waals surface area contributed by atoms with Crippen molar-refractivity contribution in [1.29, 1.82) is 0 Å². The Labute approximate surface area is 99.0 Å². The highest BCUT2D eigenvalue weighted by atomic mass is 19.1. The van der Waals surface area contributed by atoms with Crippen LogP contribution in [-0.2, 0) is 0 Å². The highest BCUT2D eigenvalue weighted by Crippen LogP contribution is 2.13. The predicted molar refractivity (Wildman–Crippen MR) is 61.5 cm³/mol. The van der Waals surface area contributed by atoms with Crippen LogP contribution in [0.2, 0.25) is 0 Å². The zero-order valence-electron chi connectivity index (χ0n) is 9.73. The molecule has 0 aromatic heterocycles. The SMILES string of the molecule is CC#CCCNC(=O)c1cc(C)c(F)cc1F. The summed E-state index contributed by atoms with van der Waals surface area (Å²) >= 11 is 0. The second-order valence-electron chi connectivity index (χ2n) is 3.51. The van der Waals surface area contributed by atoms with Crippen molar-refractivity contribution in [3.63, 3.8) is 0 Å². The van der Waals surface area contributed by atoms with Crippen LogP contribution in [0, 0.1) is 30.4 Å². The van der Waals surface area contributed by atoms with E-state index in [4.69, 9.17) is 0 Å². The molecule has 17 heavy (non-hydrogen) atoms. The number of carbonyl (C=O) groups excluding carboxylic acids is 1. The maximum absolute atomic E-state index is 13.3. The Morgan fingerprint density at radius 2 is 2.06 bits per heavy atom. The van der Waals surface area contributed by atoms with Crippen LogP contribution in [0.5, 0.6) is 0 Å². The Morgan fingerprint density at radius 1 is 1.35 bits per heavy atom. The molecular formula is C13H13F2NO. The fourth-order valence-electron chi connectivity index (χ4n) is 1.29. The van der Waals surface area contributed by atoms with E-state index in [2.05, 4.69) is 17.2 Å². The monoisotopic (exact) mass is 237 g/mol. The molecule has 0 atom stereocenters. The first kappa shape index (κ1) is 13.2. The second-order valence-corrected chi connectivity index (χ2v) is 3.51. The number of hydrogen-bond donors (Lipinski definition) is 1. The third-order valence-electron chi connectivity index (χ3n) is 2.21. The second kappa shape index (κ2) is 6.00. The van der Waals surface area contributed by atoms with Gasteiger partial charge in [0.25, 0.3) is 5.91 Å². The van der Waals surface area contributed by atoms with Crippen LogP contribution in [0.25, 0.3) is 0 Å². The molecule has 1 N–H and O–H groups in total. The third-order valence-corrected chi connectivity index (χ3v) is 2.21. The first-order chi connectivity index (χ1) is 8.06. The summed E-state index contributed by atoms with van der Waals surface area (Å²) in [6, 6.07) is 1.92. The highest BCUT2D eigenvalue weighted by molar-refractivity contribution is 5.94. The maximum atomic E-state index is 13.3. The molecule has 0 unspecified atom stereocenters. The lowest BCUT2D eigenvalue weighted by atomic mass is 10.1. The van der Waals surface area contributed by atoms with E-state index in [0.29, 0.717) is 13.0 Å². The summed E-state index contributed by atoms with van der Waals surface area (Å²) in [5.41, 5.74) is 0.0956. The molecule has 0 radical (unpaired) electrons. The molecule has 1 aromatic rings. The molecule has 1 rings (SSSR count). The van der Waals surface area contributed by atoms with Gasteiger partial charge in [-0.1, -0.05) is 0 Å². The average Bonchev–Trinajstić information content (AvgIpc) is 2.29. The van der Waals surface area contributed by atoms with Gasteiger partial charge in [-0.25, -0.2) is 8.78 Å². The fraction of sp³-hybridized carbons (Fsp3) is 0.308. The number of rotatable bonds is 3. The van der Waals surface area contributed by atoms with E-state index < -0.39 is 17.5 Å². The van der Waals surface area contributed by atoms with Gasteiger partial charge in [-0.2, -0.15) is 0 Å². The number of amides is 1. The zero-order chi connectivity index (χ0) is 12.8. The minimum Gasteiger partial charge on any atom is -0.351 e. The molecule has 1 amide bonds. The van der Waals surface area contributed by atoms with E-state index in [1.807, 2.05) is 0 Å². The summed E-state index contributed by atoms with van der Waals surface area (Å²) in [7, 11) is 0. The van der Waals surface area contributed by atoms with E-state index >= 15 is 0 Å². The van der Waals surface area contributed by atoms with Crippen LogP contribution in [0.4, 0.5) is 8.78 Å². The lowest BCUT2D eigenvalue weighted by Gasteiger charge is -2.06. The summed E-state index contributed by atoms with van der Waals surface area (Å²) < 4.78 is 26.3. The van der Waals surface area contributed by atoms with Crippen molar-refractivity contribution in [1.82, 2.24) is 5.32 Å². The molecule has 0 bridgehead atoms. The predicted octanol–water partition coefficient (Wildman–Crippen LogP) is 2.42. The average molecular weight is 237 g/mol. The minimum absolute atomic E-state index is 0.145. The maximum Gasteiger partial charge on any atom is 0.254 e. The first-order valence-electron chi connectivity index (χ1n) is 5.19. The van der Waals surface area contributed by atoms with Crippen molar-refractivity contribution in [2.45, 2.75) is 20.3 Å². The summed E-state index contributed by atoms with van der Waals surface area (Å²) in [6.07, 6.45) is 0.504. The number of nitrogens with one attached hydrogen (secondary N) is 1. The Kier molecular flexibility index (Phi) is 4.65. The number of hydrogen-bond acceptors (Lipinski definition) is 1. The number of aryl methyl sites for hydroxylation is 1. The highest BCUT2D eigenvalue weighted by Gasteiger charge is 2.13. The number of halogens is 2. The van der Waals surface area contributed by atoms with Crippen LogP contribution < -0.4 is 5.32 Å². The summed E-state index contributed by atoms with van der Waals surface area (Å²) in [5, 5.41) is 2.52. The van der Waals surface area contributed by atoms with Gasteiger partial charge in [-0.15, -0.1) is 11.8 Å². The van der Waals surface area contributed by atoms with E-state index in [0.717, 1.165) is 6.07 Å². The molecule has 0 saturated heterocycles. The van der Waals surface area contributed by atoms with E-state index in [9.17, 15) is 13.6 Å². The largest absolute Gasteiger partial charge is 0.351 e. The third kappa shape index (κ3) is 3.56. The van der Waals surface area contributed by atoms with Gasteiger partial charge in [0.1, 0.15) is 11.6 Å². The lowest BCUT2D eigenvalue weighted by Crippen LogP contribution is -2.25. The smallest absolute Gasteiger partial charge is 0.254 e. The van der Waals surface area contributed by atoms with Crippen LogP contribution in [0.1, 0.15) is 29.3 Å². The number of benzene rings is 1. The molecule has 90 valence electrons. The first-order valence-corrected chi connectivity index (χ1v) is 5.19. The van der Waals surface area contributed by atoms with Gasteiger partial charge < -0.3 is 5.32 Å². The lowest BCUT2D eigenvalue weighted by molar-refractivity contribution is 0.0950. The van der Waals surface area contributed by atoms with Gasteiger partial charge in [-0.05, 0) is 25.5 Å². The number of carbonyl (C=O) groups is 1. The molecule has 0 aliphatic heterocycles. The summed E-state index contributed by atoms with van der Waals surface area (Å²) in [4.78, 5) is 11.6. The zero-order valence-corrected chi connectivity index (χ0v) is 9.73. The van der Waals surface area contributed by atoms with Gasteiger partial charge in [0.15, 0.2) is 0 Å². The summed E-state index contributed by atoms with van der Waals surface area (Å²) in [5.74, 6) is 3.39. The van der Waals surface area contributed by atoms with Gasteiger partial charge in [-0.3, -0.25) is 4.79 Å². The molecule has 2 nitrogen and oxygen atoms in total.